The molecule has 162 valence electrons. The Morgan fingerprint density at radius 3 is 2.55 bits per heavy atom. The number of nitrogens with zero attached hydrogens (tertiary/aromatic N) is 3. The first-order chi connectivity index (χ1) is 12.5. The van der Waals surface area contributed by atoms with Crippen LogP contribution in [-0.2, 0) is 0 Å². The Labute approximate surface area is 194 Å². The molecule has 0 saturated heterocycles. The van der Waals surface area contributed by atoms with Crippen LogP contribution in [0.15, 0.2) is 36.1 Å². The van der Waals surface area contributed by atoms with Gasteiger partial charge in [0, 0.05) is 29.4 Å². The predicted molar refractivity (Wildman–Crippen MR) is 128 cm³/mol. The summed E-state index contributed by atoms with van der Waals surface area (Å²) in [6.45, 7) is 6.30. The first-order valence-electron chi connectivity index (χ1n) is 8.63. The van der Waals surface area contributed by atoms with E-state index in [1.54, 1.807) is 24.8 Å². The van der Waals surface area contributed by atoms with Crippen molar-refractivity contribution in [3.05, 3.63) is 47.5 Å². The number of aromatic nitrogens is 3. The summed E-state index contributed by atoms with van der Waals surface area (Å²) in [7, 11) is 1.67. The van der Waals surface area contributed by atoms with E-state index in [-0.39, 0.29) is 43.3 Å². The van der Waals surface area contributed by atoms with E-state index >= 15 is 0 Å². The largest absolute Gasteiger partial charge is 0.494 e. The molecule has 2 heterocycles. The van der Waals surface area contributed by atoms with Crippen molar-refractivity contribution in [2.45, 2.75) is 33.2 Å². The minimum Gasteiger partial charge on any atom is -0.494 e. The molecule has 3 aromatic rings. The second kappa shape index (κ2) is 12.2. The van der Waals surface area contributed by atoms with Gasteiger partial charge in [-0.25, -0.2) is 9.97 Å². The molecule has 3 rings (SSSR count). The zero-order valence-electron chi connectivity index (χ0n) is 16.8. The molecule has 0 unspecified atom stereocenters. The quantitative estimate of drug-likeness (QED) is 0.453. The van der Waals surface area contributed by atoms with Crippen molar-refractivity contribution >= 4 is 59.4 Å². The van der Waals surface area contributed by atoms with Gasteiger partial charge in [-0.05, 0) is 31.4 Å². The van der Waals surface area contributed by atoms with E-state index in [4.69, 9.17) is 10.5 Å². The number of hydrogen-bond donors (Lipinski definition) is 2. The van der Waals surface area contributed by atoms with E-state index in [9.17, 15) is 0 Å². The van der Waals surface area contributed by atoms with Crippen LogP contribution >= 0.6 is 48.6 Å². The van der Waals surface area contributed by atoms with Gasteiger partial charge in [0.15, 0.2) is 5.13 Å². The van der Waals surface area contributed by atoms with E-state index in [1.807, 2.05) is 41.3 Å². The molecule has 0 aliphatic rings. The summed E-state index contributed by atoms with van der Waals surface area (Å²) in [5, 5.41) is 6.19. The lowest BCUT2D eigenvalue weighted by molar-refractivity contribution is 0.413. The van der Waals surface area contributed by atoms with Crippen LogP contribution in [0.1, 0.15) is 37.7 Å². The number of hydrogen-bond acceptors (Lipinski definition) is 6. The maximum Gasteiger partial charge on any atom is 0.187 e. The Balaban J connectivity index is 0.00000261. The Hall–Kier alpha value is -1.51. The van der Waals surface area contributed by atoms with E-state index in [1.165, 1.54) is 0 Å². The van der Waals surface area contributed by atoms with E-state index < -0.39 is 0 Å². The monoisotopic (exact) mass is 479 g/mol. The standard InChI is InChI=1S/C19H25N5OS.3ClH/c1-12(2)7-15(20)16-10-26-19(23-16)22-14-5-6-17(18(8-14)25-4)24-9-13(3)21-11-24;;;/h5-6,8-12,15H,7,20H2,1-4H3,(H,22,23);3*1H/t15-;;;/m0.../s1. The fraction of sp³-hybridized carbons (Fsp3) is 0.368. The number of benzene rings is 1. The van der Waals surface area contributed by atoms with Crippen LogP contribution in [0.3, 0.4) is 0 Å². The first kappa shape index (κ1) is 27.5. The van der Waals surface area contributed by atoms with Gasteiger partial charge in [0.25, 0.3) is 0 Å². The molecule has 29 heavy (non-hydrogen) atoms. The van der Waals surface area contributed by atoms with E-state index in [0.717, 1.165) is 40.1 Å². The molecule has 0 radical (unpaired) electrons. The van der Waals surface area contributed by atoms with Crippen LogP contribution < -0.4 is 15.8 Å². The summed E-state index contributed by atoms with van der Waals surface area (Å²) in [6, 6.07) is 5.94. The second-order valence-electron chi connectivity index (χ2n) is 6.75. The highest BCUT2D eigenvalue weighted by Gasteiger charge is 2.13. The predicted octanol–water partition coefficient (Wildman–Crippen LogP) is 5.70. The zero-order chi connectivity index (χ0) is 18.7. The van der Waals surface area contributed by atoms with Gasteiger partial charge in [-0.1, -0.05) is 13.8 Å². The number of halogens is 3. The fourth-order valence-corrected chi connectivity index (χ4v) is 3.58. The molecule has 0 spiro atoms. The number of aryl methyl sites for hydroxylation is 1. The third-order valence-electron chi connectivity index (χ3n) is 4.05. The summed E-state index contributed by atoms with van der Waals surface area (Å²) in [5.41, 5.74) is 9.98. The lowest BCUT2D eigenvalue weighted by Gasteiger charge is -2.12. The number of thiazole rings is 1. The van der Waals surface area contributed by atoms with Crippen molar-refractivity contribution in [1.82, 2.24) is 14.5 Å². The Bertz CT molecular complexity index is 884. The normalized spacial score (nSPS) is 11.1. The highest BCUT2D eigenvalue weighted by molar-refractivity contribution is 7.13. The van der Waals surface area contributed by atoms with Crippen molar-refractivity contribution in [1.29, 1.82) is 0 Å². The number of nitrogens with one attached hydrogen (secondary N) is 1. The maximum absolute atomic E-state index is 6.22. The lowest BCUT2D eigenvalue weighted by Crippen LogP contribution is -2.13. The summed E-state index contributed by atoms with van der Waals surface area (Å²) < 4.78 is 7.50. The molecule has 10 heteroatoms. The minimum absolute atomic E-state index is 0. The third kappa shape index (κ3) is 7.04. The Morgan fingerprint density at radius 2 is 1.97 bits per heavy atom. The number of nitrogens with two attached hydrogens (primary N) is 1. The van der Waals surface area contributed by atoms with Crippen LogP contribution in [0.4, 0.5) is 10.8 Å². The number of rotatable bonds is 7. The van der Waals surface area contributed by atoms with Crippen LogP contribution in [0.2, 0.25) is 0 Å². The first-order valence-corrected chi connectivity index (χ1v) is 9.51. The van der Waals surface area contributed by atoms with Crippen LogP contribution in [-0.4, -0.2) is 21.6 Å². The highest BCUT2D eigenvalue weighted by Crippen LogP contribution is 2.30. The van der Waals surface area contributed by atoms with Gasteiger partial charge in [-0.15, -0.1) is 48.6 Å². The average Bonchev–Trinajstić information content (AvgIpc) is 3.23. The molecule has 0 aliphatic carbocycles. The minimum atomic E-state index is -0.0248. The molecule has 0 saturated carbocycles. The van der Waals surface area contributed by atoms with Gasteiger partial charge < -0.3 is 20.4 Å². The zero-order valence-corrected chi connectivity index (χ0v) is 20.1. The second-order valence-corrected chi connectivity index (χ2v) is 7.61. The Kier molecular flexibility index (Phi) is 11.6. The van der Waals surface area contributed by atoms with Crippen molar-refractivity contribution in [2.24, 2.45) is 11.7 Å². The smallest absolute Gasteiger partial charge is 0.187 e. The SMILES string of the molecule is COc1cc(Nc2nc([C@@H](N)CC(C)C)cs2)ccc1-n1cnc(C)c1.Cl.Cl.Cl. The van der Waals surface area contributed by atoms with E-state index in [2.05, 4.69) is 29.1 Å². The molecule has 3 N–H and O–H groups in total. The summed E-state index contributed by atoms with van der Waals surface area (Å²) >= 11 is 1.56. The lowest BCUT2D eigenvalue weighted by atomic mass is 10.0. The maximum atomic E-state index is 6.22. The van der Waals surface area contributed by atoms with Crippen LogP contribution in [0.5, 0.6) is 5.75 Å². The number of methoxy groups -OCH3 is 1. The van der Waals surface area contributed by atoms with Gasteiger partial charge in [-0.2, -0.15) is 0 Å². The molecular formula is C19H28Cl3N5OS. The van der Waals surface area contributed by atoms with Crippen molar-refractivity contribution in [3.63, 3.8) is 0 Å². The molecule has 0 bridgehead atoms. The van der Waals surface area contributed by atoms with Gasteiger partial charge in [-0.3, -0.25) is 0 Å². The molecule has 6 nitrogen and oxygen atoms in total. The molecule has 1 atom stereocenters. The van der Waals surface area contributed by atoms with Crippen molar-refractivity contribution < 1.29 is 4.74 Å². The summed E-state index contributed by atoms with van der Waals surface area (Å²) in [5.74, 6) is 1.31. The summed E-state index contributed by atoms with van der Waals surface area (Å²) in [6.07, 6.45) is 4.67. The molecule has 0 aliphatic heterocycles. The molecular weight excluding hydrogens is 453 g/mol. The molecule has 2 aromatic heterocycles. The van der Waals surface area contributed by atoms with Crippen LogP contribution in [0.25, 0.3) is 5.69 Å². The fourth-order valence-electron chi connectivity index (χ4n) is 2.79. The Morgan fingerprint density at radius 1 is 1.24 bits per heavy atom. The third-order valence-corrected chi connectivity index (χ3v) is 4.82. The highest BCUT2D eigenvalue weighted by atomic mass is 35.5. The van der Waals surface area contributed by atoms with Gasteiger partial charge >= 0.3 is 0 Å². The number of anilines is 2. The number of imidazole rings is 1. The molecule has 1 aromatic carbocycles. The summed E-state index contributed by atoms with van der Waals surface area (Å²) in [4.78, 5) is 8.89. The van der Waals surface area contributed by atoms with Crippen molar-refractivity contribution in [2.75, 3.05) is 12.4 Å². The van der Waals surface area contributed by atoms with Crippen LogP contribution in [0, 0.1) is 12.8 Å². The average molecular weight is 481 g/mol. The van der Waals surface area contributed by atoms with Crippen molar-refractivity contribution in [3.8, 4) is 11.4 Å². The molecule has 0 amide bonds. The van der Waals surface area contributed by atoms with Gasteiger partial charge in [0.2, 0.25) is 0 Å². The van der Waals surface area contributed by atoms with Gasteiger partial charge in [0.1, 0.15) is 5.75 Å². The number of ether oxygens (including phenoxy) is 1. The van der Waals surface area contributed by atoms with E-state index in [0.29, 0.717) is 5.92 Å². The van der Waals surface area contributed by atoms with Gasteiger partial charge in [0.05, 0.1) is 30.5 Å². The molecule has 0 fully saturated rings. The topological polar surface area (TPSA) is 78.0 Å².